The molecule has 0 atom stereocenters. The standard InChI is InChI=1S/C25H29N5O5/c26-24-23-25(31)30-21-7-2-1-6-20(21)27-8-9-32-10-11-33-12-13-34-14-15-35-19-5-3-4-18(16-19)22(29-23)17-28-24/h1-7,16-17,27H,8-15H2,(H2,26,28)(H,30,31). The van der Waals surface area contributed by atoms with Crippen molar-refractivity contribution in [1.82, 2.24) is 9.97 Å². The van der Waals surface area contributed by atoms with E-state index in [1.165, 1.54) is 6.20 Å². The summed E-state index contributed by atoms with van der Waals surface area (Å²) < 4.78 is 22.4. The summed E-state index contributed by atoms with van der Waals surface area (Å²) >= 11 is 0. The Morgan fingerprint density at radius 2 is 1.54 bits per heavy atom. The molecule has 1 aliphatic rings. The molecule has 1 amide bonds. The summed E-state index contributed by atoms with van der Waals surface area (Å²) in [6.45, 7) is 3.80. The van der Waals surface area contributed by atoms with Crippen LogP contribution >= 0.6 is 0 Å². The average molecular weight is 480 g/mol. The first-order chi connectivity index (χ1) is 17.2. The van der Waals surface area contributed by atoms with Crippen LogP contribution in [-0.2, 0) is 14.2 Å². The number of nitrogens with two attached hydrogens (primary N) is 1. The molecule has 1 aromatic heterocycles. The molecule has 2 heterocycles. The van der Waals surface area contributed by atoms with Gasteiger partial charge in [-0.2, -0.15) is 0 Å². The molecule has 0 spiro atoms. The lowest BCUT2D eigenvalue weighted by Gasteiger charge is -2.14. The fourth-order valence-electron chi connectivity index (χ4n) is 3.40. The van der Waals surface area contributed by atoms with E-state index in [-0.39, 0.29) is 11.5 Å². The number of carbonyl (C=O) groups excluding carboxylic acids is 1. The molecule has 1 aliphatic heterocycles. The van der Waals surface area contributed by atoms with Crippen LogP contribution in [0.25, 0.3) is 11.3 Å². The fourth-order valence-corrected chi connectivity index (χ4v) is 3.40. The van der Waals surface area contributed by atoms with Gasteiger partial charge in [0.05, 0.1) is 62.9 Å². The van der Waals surface area contributed by atoms with E-state index in [4.69, 9.17) is 24.7 Å². The molecule has 4 rings (SSSR count). The number of benzene rings is 2. The molecule has 0 saturated carbocycles. The van der Waals surface area contributed by atoms with Crippen LogP contribution in [0.15, 0.2) is 54.7 Å². The Labute approximate surface area is 203 Å². The summed E-state index contributed by atoms with van der Waals surface area (Å²) in [5.74, 6) is 0.243. The number of para-hydroxylation sites is 2. The lowest BCUT2D eigenvalue weighted by atomic mass is 10.1. The molecule has 0 unspecified atom stereocenters. The number of fused-ring (bicyclic) bond motifs is 6. The van der Waals surface area contributed by atoms with Crippen LogP contribution in [0.5, 0.6) is 5.75 Å². The minimum atomic E-state index is -0.456. The quantitative estimate of drug-likeness (QED) is 0.446. The van der Waals surface area contributed by atoms with Crippen LogP contribution in [0.2, 0.25) is 0 Å². The Kier molecular flexibility index (Phi) is 8.82. The van der Waals surface area contributed by atoms with Crippen molar-refractivity contribution in [2.24, 2.45) is 0 Å². The van der Waals surface area contributed by atoms with Gasteiger partial charge in [0.15, 0.2) is 11.5 Å². The second kappa shape index (κ2) is 12.7. The van der Waals surface area contributed by atoms with Crippen molar-refractivity contribution in [3.63, 3.8) is 0 Å². The monoisotopic (exact) mass is 479 g/mol. The molecule has 2 aromatic carbocycles. The van der Waals surface area contributed by atoms with Gasteiger partial charge in [-0.25, -0.2) is 9.97 Å². The highest BCUT2D eigenvalue weighted by Crippen LogP contribution is 2.25. The van der Waals surface area contributed by atoms with Gasteiger partial charge in [-0.3, -0.25) is 4.79 Å². The molecule has 0 aliphatic carbocycles. The zero-order valence-electron chi connectivity index (χ0n) is 19.4. The zero-order valence-corrected chi connectivity index (χ0v) is 19.4. The number of nitrogens with one attached hydrogen (secondary N) is 2. The third-order valence-electron chi connectivity index (χ3n) is 5.12. The van der Waals surface area contributed by atoms with Gasteiger partial charge in [-0.1, -0.05) is 24.3 Å². The van der Waals surface area contributed by atoms with Crippen molar-refractivity contribution in [1.29, 1.82) is 0 Å². The van der Waals surface area contributed by atoms with Gasteiger partial charge < -0.3 is 35.3 Å². The molecule has 0 fully saturated rings. The number of hydrogen-bond acceptors (Lipinski definition) is 9. The minimum absolute atomic E-state index is 0.0405. The Morgan fingerprint density at radius 1 is 0.829 bits per heavy atom. The number of ether oxygens (including phenoxy) is 4. The first-order valence-corrected chi connectivity index (χ1v) is 11.4. The van der Waals surface area contributed by atoms with Crippen LogP contribution in [-0.4, -0.2) is 68.7 Å². The molecule has 10 heteroatoms. The molecule has 10 nitrogen and oxygen atoms in total. The Bertz CT molecular complexity index is 1130. The highest BCUT2D eigenvalue weighted by Gasteiger charge is 2.16. The highest BCUT2D eigenvalue weighted by atomic mass is 16.6. The first-order valence-electron chi connectivity index (χ1n) is 11.4. The number of hydrogen-bond donors (Lipinski definition) is 3. The van der Waals surface area contributed by atoms with Gasteiger partial charge >= 0.3 is 0 Å². The third-order valence-corrected chi connectivity index (χ3v) is 5.12. The van der Waals surface area contributed by atoms with Crippen molar-refractivity contribution in [2.75, 3.05) is 69.2 Å². The second-order valence-corrected chi connectivity index (χ2v) is 7.63. The van der Waals surface area contributed by atoms with Gasteiger partial charge in [-0.05, 0) is 24.3 Å². The van der Waals surface area contributed by atoms with E-state index >= 15 is 0 Å². The van der Waals surface area contributed by atoms with Crippen LogP contribution < -0.4 is 21.1 Å². The Balaban J connectivity index is 1.56. The van der Waals surface area contributed by atoms with E-state index < -0.39 is 5.91 Å². The molecule has 4 bridgehead atoms. The van der Waals surface area contributed by atoms with Crippen LogP contribution in [0.1, 0.15) is 10.5 Å². The lowest BCUT2D eigenvalue weighted by molar-refractivity contribution is 0.0109. The largest absolute Gasteiger partial charge is 0.491 e. The number of aromatic nitrogens is 2. The SMILES string of the molecule is Nc1ncc2nc1C(=O)Nc1ccccc1NCCOCCOCCOCCOc1cccc-2c1. The maximum Gasteiger partial charge on any atom is 0.278 e. The summed E-state index contributed by atoms with van der Waals surface area (Å²) in [4.78, 5) is 21.7. The topological polar surface area (TPSA) is 130 Å². The van der Waals surface area contributed by atoms with Crippen LogP contribution in [0.4, 0.5) is 17.2 Å². The summed E-state index contributed by atoms with van der Waals surface area (Å²) in [5.41, 5.74) is 8.65. The van der Waals surface area contributed by atoms with Gasteiger partial charge in [0.25, 0.3) is 5.91 Å². The summed E-state index contributed by atoms with van der Waals surface area (Å²) in [6.07, 6.45) is 1.53. The van der Waals surface area contributed by atoms with Gasteiger partial charge in [0.2, 0.25) is 0 Å². The van der Waals surface area contributed by atoms with E-state index in [2.05, 4.69) is 20.6 Å². The molecule has 184 valence electrons. The minimum Gasteiger partial charge on any atom is -0.491 e. The van der Waals surface area contributed by atoms with Crippen molar-refractivity contribution in [3.05, 3.63) is 60.4 Å². The van der Waals surface area contributed by atoms with E-state index in [0.717, 1.165) is 11.3 Å². The lowest BCUT2D eigenvalue weighted by Crippen LogP contribution is -2.19. The predicted octanol–water partition coefficient (Wildman–Crippen LogP) is 2.83. The number of anilines is 3. The Hall–Kier alpha value is -3.73. The number of amides is 1. The number of nitrogens with zero attached hydrogens (tertiary/aromatic N) is 2. The van der Waals surface area contributed by atoms with E-state index in [9.17, 15) is 4.79 Å². The molecule has 3 aromatic rings. The Morgan fingerprint density at radius 3 is 2.34 bits per heavy atom. The van der Waals surface area contributed by atoms with E-state index in [1.807, 2.05) is 42.5 Å². The van der Waals surface area contributed by atoms with Crippen molar-refractivity contribution in [3.8, 4) is 17.0 Å². The number of nitrogen functional groups attached to an aromatic ring is 1. The smallest absolute Gasteiger partial charge is 0.278 e. The second-order valence-electron chi connectivity index (χ2n) is 7.63. The van der Waals surface area contributed by atoms with E-state index in [0.29, 0.717) is 69.9 Å². The number of rotatable bonds is 0. The summed E-state index contributed by atoms with van der Waals surface area (Å²) in [7, 11) is 0. The summed E-state index contributed by atoms with van der Waals surface area (Å²) in [6, 6.07) is 14.8. The van der Waals surface area contributed by atoms with E-state index in [1.54, 1.807) is 6.07 Å². The first kappa shape index (κ1) is 24.4. The molecular weight excluding hydrogens is 450 g/mol. The molecule has 0 radical (unpaired) electrons. The highest BCUT2D eigenvalue weighted by molar-refractivity contribution is 6.07. The van der Waals surface area contributed by atoms with Crippen molar-refractivity contribution >= 4 is 23.1 Å². The van der Waals surface area contributed by atoms with Crippen molar-refractivity contribution in [2.45, 2.75) is 0 Å². The number of carbonyl (C=O) groups is 1. The van der Waals surface area contributed by atoms with Gasteiger partial charge in [0.1, 0.15) is 12.4 Å². The van der Waals surface area contributed by atoms with Gasteiger partial charge in [-0.15, -0.1) is 0 Å². The maximum absolute atomic E-state index is 13.1. The van der Waals surface area contributed by atoms with Crippen molar-refractivity contribution < 1.29 is 23.7 Å². The molecule has 0 saturated heterocycles. The maximum atomic E-state index is 13.1. The molecular formula is C25H29N5O5. The zero-order chi connectivity index (χ0) is 24.3. The molecule has 4 N–H and O–H groups in total. The fraction of sp³-hybridized carbons (Fsp3) is 0.320. The summed E-state index contributed by atoms with van der Waals surface area (Å²) in [5, 5.41) is 6.15. The normalized spacial score (nSPS) is 16.2. The van der Waals surface area contributed by atoms with Crippen LogP contribution in [0, 0.1) is 0 Å². The average Bonchev–Trinajstić information content (AvgIpc) is 2.87. The third kappa shape index (κ3) is 7.12. The van der Waals surface area contributed by atoms with Gasteiger partial charge in [0, 0.05) is 12.1 Å². The molecule has 35 heavy (non-hydrogen) atoms. The predicted molar refractivity (Wildman–Crippen MR) is 133 cm³/mol. The van der Waals surface area contributed by atoms with Crippen LogP contribution in [0.3, 0.4) is 0 Å².